The van der Waals surface area contributed by atoms with Crippen molar-refractivity contribution in [1.82, 2.24) is 0 Å². The maximum absolute atomic E-state index is 13.0. The summed E-state index contributed by atoms with van der Waals surface area (Å²) in [5.41, 5.74) is 10.2. The average molecular weight is 342 g/mol. The number of nitrogens with zero attached hydrogens (tertiary/aromatic N) is 2. The topological polar surface area (TPSA) is 49.6 Å². The van der Waals surface area contributed by atoms with E-state index in [4.69, 9.17) is 17.3 Å². The molecule has 1 atom stereocenters. The molecule has 0 saturated carbocycles. The molecule has 1 unspecified atom stereocenters. The number of nitrogens with two attached hydrogens (primary N) is 1. The third-order valence-electron chi connectivity index (χ3n) is 5.01. The van der Waals surface area contributed by atoms with Gasteiger partial charge >= 0.3 is 0 Å². The van der Waals surface area contributed by atoms with Gasteiger partial charge in [0.15, 0.2) is 0 Å². The highest BCUT2D eigenvalue weighted by Gasteiger charge is 2.38. The van der Waals surface area contributed by atoms with Crippen molar-refractivity contribution in [3.63, 3.8) is 0 Å². The number of halogens is 1. The van der Waals surface area contributed by atoms with E-state index in [1.165, 1.54) is 5.56 Å². The molecule has 0 aliphatic carbocycles. The lowest BCUT2D eigenvalue weighted by atomic mass is 9.98. The second-order valence-electron chi connectivity index (χ2n) is 6.41. The predicted molar refractivity (Wildman–Crippen MR) is 98.7 cm³/mol. The Balaban J connectivity index is 1.62. The first-order valence-corrected chi connectivity index (χ1v) is 8.74. The Labute approximate surface area is 146 Å². The minimum atomic E-state index is -0.110. The van der Waals surface area contributed by atoms with Crippen LogP contribution >= 0.6 is 11.6 Å². The second kappa shape index (κ2) is 6.02. The average Bonchev–Trinajstić information content (AvgIpc) is 2.97. The van der Waals surface area contributed by atoms with Gasteiger partial charge in [-0.05, 0) is 61.2 Å². The Morgan fingerprint density at radius 3 is 2.67 bits per heavy atom. The molecule has 2 aromatic rings. The van der Waals surface area contributed by atoms with E-state index in [0.29, 0.717) is 5.02 Å². The maximum atomic E-state index is 13.0. The van der Waals surface area contributed by atoms with Crippen LogP contribution < -0.4 is 15.5 Å². The maximum Gasteiger partial charge on any atom is 0.249 e. The van der Waals surface area contributed by atoms with E-state index in [0.717, 1.165) is 49.4 Å². The van der Waals surface area contributed by atoms with Gasteiger partial charge < -0.3 is 15.5 Å². The highest BCUT2D eigenvalue weighted by atomic mass is 35.5. The molecular formula is C19H20ClN3O. The molecule has 2 heterocycles. The molecule has 2 N–H and O–H groups in total. The zero-order valence-electron chi connectivity index (χ0n) is 13.4. The van der Waals surface area contributed by atoms with Crippen molar-refractivity contribution < 1.29 is 4.79 Å². The largest absolute Gasteiger partial charge is 0.398 e. The highest BCUT2D eigenvalue weighted by Crippen LogP contribution is 2.35. The molecule has 1 amide bonds. The fourth-order valence-corrected chi connectivity index (χ4v) is 3.96. The Bertz CT molecular complexity index is 775. The van der Waals surface area contributed by atoms with Crippen molar-refractivity contribution in [3.8, 4) is 0 Å². The summed E-state index contributed by atoms with van der Waals surface area (Å²) in [6, 6.07) is 13.4. The van der Waals surface area contributed by atoms with E-state index < -0.39 is 0 Å². The zero-order chi connectivity index (χ0) is 16.7. The van der Waals surface area contributed by atoms with Crippen LogP contribution in [-0.2, 0) is 11.2 Å². The number of hydrogen-bond acceptors (Lipinski definition) is 3. The number of benzene rings is 2. The number of rotatable bonds is 2. The van der Waals surface area contributed by atoms with Crippen molar-refractivity contribution in [3.05, 3.63) is 53.1 Å². The van der Waals surface area contributed by atoms with Crippen molar-refractivity contribution >= 4 is 34.6 Å². The van der Waals surface area contributed by atoms with Crippen LogP contribution in [-0.4, -0.2) is 25.0 Å². The highest BCUT2D eigenvalue weighted by molar-refractivity contribution is 6.30. The van der Waals surface area contributed by atoms with Gasteiger partial charge in [0.25, 0.3) is 0 Å². The molecule has 0 radical (unpaired) electrons. The van der Waals surface area contributed by atoms with E-state index in [1.807, 2.05) is 41.3 Å². The lowest BCUT2D eigenvalue weighted by Crippen LogP contribution is -2.44. The number of fused-ring (bicyclic) bond motifs is 1. The van der Waals surface area contributed by atoms with Crippen LogP contribution in [0.25, 0.3) is 0 Å². The van der Waals surface area contributed by atoms with Crippen LogP contribution in [0.3, 0.4) is 0 Å². The number of hydrogen-bond donors (Lipinski definition) is 1. The number of carbonyl (C=O) groups excluding carboxylic acids is 1. The Morgan fingerprint density at radius 1 is 1.08 bits per heavy atom. The molecular weight excluding hydrogens is 322 g/mol. The van der Waals surface area contributed by atoms with Gasteiger partial charge in [0.1, 0.15) is 6.04 Å². The van der Waals surface area contributed by atoms with Crippen molar-refractivity contribution in [2.45, 2.75) is 25.3 Å². The molecule has 1 saturated heterocycles. The fraction of sp³-hybridized carbons (Fsp3) is 0.316. The summed E-state index contributed by atoms with van der Waals surface area (Å²) in [5, 5.41) is 0.683. The summed E-state index contributed by atoms with van der Waals surface area (Å²) in [4.78, 5) is 17.1. The van der Waals surface area contributed by atoms with E-state index in [2.05, 4.69) is 11.0 Å². The Kier molecular flexibility index (Phi) is 3.85. The van der Waals surface area contributed by atoms with Gasteiger partial charge in [0.2, 0.25) is 5.91 Å². The van der Waals surface area contributed by atoms with Gasteiger partial charge in [-0.25, -0.2) is 0 Å². The van der Waals surface area contributed by atoms with Gasteiger partial charge in [-0.3, -0.25) is 4.79 Å². The van der Waals surface area contributed by atoms with Crippen molar-refractivity contribution in [2.75, 3.05) is 28.6 Å². The molecule has 4 nitrogen and oxygen atoms in total. The monoisotopic (exact) mass is 341 g/mol. The van der Waals surface area contributed by atoms with Crippen LogP contribution in [0.15, 0.2) is 42.5 Å². The van der Waals surface area contributed by atoms with Gasteiger partial charge in [0.05, 0.1) is 0 Å². The third-order valence-corrected chi connectivity index (χ3v) is 5.27. The van der Waals surface area contributed by atoms with Crippen LogP contribution in [0.4, 0.5) is 17.1 Å². The predicted octanol–water partition coefficient (Wildman–Crippen LogP) is 3.48. The molecule has 4 rings (SSSR count). The minimum absolute atomic E-state index is 0.110. The van der Waals surface area contributed by atoms with Gasteiger partial charge in [-0.15, -0.1) is 0 Å². The first-order valence-electron chi connectivity index (χ1n) is 8.36. The van der Waals surface area contributed by atoms with Crippen molar-refractivity contribution in [1.29, 1.82) is 0 Å². The number of nitrogen functional groups attached to an aromatic ring is 1. The number of amides is 1. The second-order valence-corrected chi connectivity index (χ2v) is 6.85. The first-order chi connectivity index (χ1) is 11.6. The molecule has 2 aromatic carbocycles. The zero-order valence-corrected chi connectivity index (χ0v) is 14.2. The summed E-state index contributed by atoms with van der Waals surface area (Å²) < 4.78 is 0. The summed E-state index contributed by atoms with van der Waals surface area (Å²) in [5.74, 6) is 0.160. The summed E-state index contributed by atoms with van der Waals surface area (Å²) >= 11 is 5.95. The SMILES string of the molecule is Nc1cccc2c1CCCN2C1CCN(c2ccc(Cl)cc2)C1=O. The Hall–Kier alpha value is -2.20. The molecule has 0 spiro atoms. The van der Waals surface area contributed by atoms with Crippen LogP contribution in [0.2, 0.25) is 5.02 Å². The molecule has 5 heteroatoms. The van der Waals surface area contributed by atoms with Crippen LogP contribution in [0.1, 0.15) is 18.4 Å². The van der Waals surface area contributed by atoms with Gasteiger partial charge in [-0.1, -0.05) is 17.7 Å². The normalized spacial score (nSPS) is 20.4. The molecule has 1 fully saturated rings. The molecule has 2 aliphatic rings. The molecule has 0 aromatic heterocycles. The summed E-state index contributed by atoms with van der Waals surface area (Å²) in [6.07, 6.45) is 2.85. The van der Waals surface area contributed by atoms with Gasteiger partial charge in [0, 0.05) is 35.2 Å². The smallest absolute Gasteiger partial charge is 0.249 e. The Morgan fingerprint density at radius 2 is 1.88 bits per heavy atom. The lowest BCUT2D eigenvalue weighted by Gasteiger charge is -2.35. The quantitative estimate of drug-likeness (QED) is 0.851. The van der Waals surface area contributed by atoms with E-state index in [1.54, 1.807) is 0 Å². The van der Waals surface area contributed by atoms with Crippen molar-refractivity contribution in [2.24, 2.45) is 0 Å². The third kappa shape index (κ3) is 2.51. The van der Waals surface area contributed by atoms with E-state index >= 15 is 0 Å². The first kappa shape index (κ1) is 15.3. The molecule has 124 valence electrons. The number of carbonyl (C=O) groups is 1. The lowest BCUT2D eigenvalue weighted by molar-refractivity contribution is -0.118. The minimum Gasteiger partial charge on any atom is -0.398 e. The number of anilines is 3. The van der Waals surface area contributed by atoms with E-state index in [-0.39, 0.29) is 11.9 Å². The summed E-state index contributed by atoms with van der Waals surface area (Å²) in [7, 11) is 0. The molecule has 24 heavy (non-hydrogen) atoms. The van der Waals surface area contributed by atoms with E-state index in [9.17, 15) is 4.79 Å². The van der Waals surface area contributed by atoms with Crippen LogP contribution in [0, 0.1) is 0 Å². The molecule has 0 bridgehead atoms. The molecule has 2 aliphatic heterocycles. The van der Waals surface area contributed by atoms with Crippen LogP contribution in [0.5, 0.6) is 0 Å². The van der Waals surface area contributed by atoms with Gasteiger partial charge in [-0.2, -0.15) is 0 Å². The fourth-order valence-electron chi connectivity index (χ4n) is 3.84. The standard InChI is InChI=1S/C19H20ClN3O/c20-13-6-8-14(9-7-13)22-12-10-18(19(22)24)23-11-2-3-15-16(21)4-1-5-17(15)23/h1,4-9,18H,2-3,10-12,21H2. The summed E-state index contributed by atoms with van der Waals surface area (Å²) in [6.45, 7) is 1.64.